The Labute approximate surface area is 109 Å². The van der Waals surface area contributed by atoms with Crippen molar-refractivity contribution >= 4 is 11.5 Å². The number of rotatable bonds is 5. The van der Waals surface area contributed by atoms with Crippen LogP contribution in [-0.4, -0.2) is 37.1 Å². The number of benzene rings is 1. The molecule has 0 heterocycles. The van der Waals surface area contributed by atoms with Crippen molar-refractivity contribution < 1.29 is 23.9 Å². The fourth-order valence-electron chi connectivity index (χ4n) is 1.89. The zero-order valence-corrected chi connectivity index (χ0v) is 10.5. The Morgan fingerprint density at radius 1 is 1.32 bits per heavy atom. The van der Waals surface area contributed by atoms with Gasteiger partial charge in [-0.1, -0.05) is 0 Å². The van der Waals surface area contributed by atoms with Crippen molar-refractivity contribution in [2.45, 2.75) is 18.6 Å². The van der Waals surface area contributed by atoms with Crippen LogP contribution in [0.5, 0.6) is 11.5 Å². The maximum absolute atomic E-state index is 11.2. The van der Waals surface area contributed by atoms with E-state index in [1.165, 1.54) is 32.4 Å². The van der Waals surface area contributed by atoms with E-state index in [2.05, 4.69) is 0 Å². The molecule has 102 valence electrons. The molecule has 7 heteroatoms. The molecule has 7 nitrogen and oxygen atoms in total. The van der Waals surface area contributed by atoms with E-state index < -0.39 is 17.1 Å². The molecule has 0 saturated heterocycles. The summed E-state index contributed by atoms with van der Waals surface area (Å²) in [4.78, 5) is 21.5. The minimum Gasteiger partial charge on any atom is -0.493 e. The number of non-ortho nitro benzene ring substituents is 1. The molecular weight excluding hydrogens is 254 g/mol. The molecule has 0 amide bonds. The molecule has 0 bridgehead atoms. The molecule has 0 spiro atoms. The lowest BCUT2D eigenvalue weighted by Gasteiger charge is -2.33. The summed E-state index contributed by atoms with van der Waals surface area (Å²) in [5.41, 5.74) is -0.101. The summed E-state index contributed by atoms with van der Waals surface area (Å²) >= 11 is 0. The smallest absolute Gasteiger partial charge is 0.273 e. The summed E-state index contributed by atoms with van der Waals surface area (Å²) in [5, 5.41) is 10.7. The zero-order chi connectivity index (χ0) is 14.0. The van der Waals surface area contributed by atoms with Crippen molar-refractivity contribution in [3.05, 3.63) is 28.3 Å². The SMILES string of the molecule is COc1ccc([N+](=O)[O-])cc1OC1CC(=O)C1OC. The summed E-state index contributed by atoms with van der Waals surface area (Å²) in [6.45, 7) is 0. The second kappa shape index (κ2) is 5.23. The van der Waals surface area contributed by atoms with E-state index in [0.29, 0.717) is 5.75 Å². The fourth-order valence-corrected chi connectivity index (χ4v) is 1.89. The van der Waals surface area contributed by atoms with Crippen molar-refractivity contribution in [2.24, 2.45) is 0 Å². The molecule has 0 radical (unpaired) electrons. The predicted octanol–water partition coefficient (Wildman–Crippen LogP) is 1.34. The number of ketones is 1. The summed E-state index contributed by atoms with van der Waals surface area (Å²) in [7, 11) is 2.86. The molecule has 2 unspecified atom stereocenters. The average Bonchev–Trinajstić information content (AvgIpc) is 2.38. The Morgan fingerprint density at radius 3 is 2.58 bits per heavy atom. The number of ether oxygens (including phenoxy) is 3. The van der Waals surface area contributed by atoms with E-state index >= 15 is 0 Å². The minimum atomic E-state index is -0.621. The topological polar surface area (TPSA) is 87.9 Å². The van der Waals surface area contributed by atoms with E-state index in [4.69, 9.17) is 14.2 Å². The number of hydrogen-bond donors (Lipinski definition) is 0. The largest absolute Gasteiger partial charge is 0.493 e. The van der Waals surface area contributed by atoms with Gasteiger partial charge in [-0.2, -0.15) is 0 Å². The standard InChI is InChI=1S/C12H13NO6/c1-17-9-4-3-7(13(15)16)5-10(9)19-11-6-8(14)12(11)18-2/h3-5,11-12H,6H2,1-2H3. The van der Waals surface area contributed by atoms with Gasteiger partial charge in [-0.25, -0.2) is 0 Å². The predicted molar refractivity (Wildman–Crippen MR) is 64.5 cm³/mol. The molecule has 0 aromatic heterocycles. The van der Waals surface area contributed by atoms with Crippen LogP contribution in [0.1, 0.15) is 6.42 Å². The van der Waals surface area contributed by atoms with Crippen LogP contribution in [0.15, 0.2) is 18.2 Å². The van der Waals surface area contributed by atoms with Crippen molar-refractivity contribution in [1.29, 1.82) is 0 Å². The van der Waals surface area contributed by atoms with E-state index in [0.717, 1.165) is 0 Å². The summed E-state index contributed by atoms with van der Waals surface area (Å²) < 4.78 is 15.6. The lowest BCUT2D eigenvalue weighted by atomic mass is 9.90. The highest BCUT2D eigenvalue weighted by atomic mass is 16.6. The number of carbonyl (C=O) groups is 1. The first kappa shape index (κ1) is 13.3. The van der Waals surface area contributed by atoms with Crippen LogP contribution in [0.4, 0.5) is 5.69 Å². The highest BCUT2D eigenvalue weighted by Crippen LogP contribution is 2.34. The van der Waals surface area contributed by atoms with Crippen LogP contribution in [0, 0.1) is 10.1 Å². The van der Waals surface area contributed by atoms with Crippen LogP contribution in [-0.2, 0) is 9.53 Å². The molecule has 2 rings (SSSR count). The van der Waals surface area contributed by atoms with Crippen LogP contribution in [0.25, 0.3) is 0 Å². The molecule has 1 saturated carbocycles. The lowest BCUT2D eigenvalue weighted by Crippen LogP contribution is -2.51. The third-order valence-electron chi connectivity index (χ3n) is 2.95. The molecule has 1 aromatic carbocycles. The maximum atomic E-state index is 11.2. The molecule has 1 aromatic rings. The second-order valence-electron chi connectivity index (χ2n) is 4.08. The monoisotopic (exact) mass is 267 g/mol. The van der Waals surface area contributed by atoms with Gasteiger partial charge in [0.05, 0.1) is 18.1 Å². The Kier molecular flexibility index (Phi) is 3.66. The van der Waals surface area contributed by atoms with Gasteiger partial charge in [-0.15, -0.1) is 0 Å². The zero-order valence-electron chi connectivity index (χ0n) is 10.5. The average molecular weight is 267 g/mol. The summed E-state index contributed by atoms with van der Waals surface area (Å²) in [5.74, 6) is 0.563. The summed E-state index contributed by atoms with van der Waals surface area (Å²) in [6, 6.07) is 4.05. The van der Waals surface area contributed by atoms with E-state index in [9.17, 15) is 14.9 Å². The molecule has 1 aliphatic carbocycles. The lowest BCUT2D eigenvalue weighted by molar-refractivity contribution is -0.385. The fraction of sp³-hybridized carbons (Fsp3) is 0.417. The molecule has 19 heavy (non-hydrogen) atoms. The van der Waals surface area contributed by atoms with Crippen LogP contribution >= 0.6 is 0 Å². The number of carbonyl (C=O) groups excluding carboxylic acids is 1. The van der Waals surface area contributed by atoms with Crippen molar-refractivity contribution in [2.75, 3.05) is 14.2 Å². The van der Waals surface area contributed by atoms with Gasteiger partial charge in [0, 0.05) is 19.6 Å². The van der Waals surface area contributed by atoms with Crippen molar-refractivity contribution in [1.82, 2.24) is 0 Å². The van der Waals surface area contributed by atoms with Crippen LogP contribution in [0.2, 0.25) is 0 Å². The van der Waals surface area contributed by atoms with Crippen molar-refractivity contribution in [3.8, 4) is 11.5 Å². The number of methoxy groups -OCH3 is 2. The highest BCUT2D eigenvalue weighted by molar-refractivity contribution is 5.90. The Morgan fingerprint density at radius 2 is 2.05 bits per heavy atom. The van der Waals surface area contributed by atoms with E-state index in [-0.39, 0.29) is 23.6 Å². The molecule has 2 atom stereocenters. The van der Waals surface area contributed by atoms with Gasteiger partial charge in [0.1, 0.15) is 6.10 Å². The number of nitrogens with zero attached hydrogens (tertiary/aromatic N) is 1. The van der Waals surface area contributed by atoms with Gasteiger partial charge in [0.15, 0.2) is 23.4 Å². The third kappa shape index (κ3) is 2.50. The number of nitro groups is 1. The first-order valence-electron chi connectivity index (χ1n) is 5.61. The second-order valence-corrected chi connectivity index (χ2v) is 4.08. The Balaban J connectivity index is 2.21. The molecule has 1 aliphatic rings. The number of Topliss-reactive ketones (excluding diaryl/α,β-unsaturated/α-hetero) is 1. The third-order valence-corrected chi connectivity index (χ3v) is 2.95. The highest BCUT2D eigenvalue weighted by Gasteiger charge is 2.42. The number of nitro benzene ring substituents is 1. The van der Waals surface area contributed by atoms with Gasteiger partial charge < -0.3 is 14.2 Å². The Bertz CT molecular complexity index is 515. The summed E-state index contributed by atoms with van der Waals surface area (Å²) in [6.07, 6.45) is -0.831. The van der Waals surface area contributed by atoms with Crippen LogP contribution < -0.4 is 9.47 Å². The minimum absolute atomic E-state index is 0.0445. The molecular formula is C12H13NO6. The van der Waals surface area contributed by atoms with Gasteiger partial charge in [-0.3, -0.25) is 14.9 Å². The Hall–Kier alpha value is -2.15. The van der Waals surface area contributed by atoms with Crippen molar-refractivity contribution in [3.63, 3.8) is 0 Å². The van der Waals surface area contributed by atoms with E-state index in [1.807, 2.05) is 0 Å². The van der Waals surface area contributed by atoms with Gasteiger partial charge in [0.2, 0.25) is 0 Å². The van der Waals surface area contributed by atoms with E-state index in [1.54, 1.807) is 0 Å². The van der Waals surface area contributed by atoms with Gasteiger partial charge in [-0.05, 0) is 6.07 Å². The first-order valence-corrected chi connectivity index (χ1v) is 5.61. The maximum Gasteiger partial charge on any atom is 0.273 e. The van der Waals surface area contributed by atoms with Crippen LogP contribution in [0.3, 0.4) is 0 Å². The molecule has 0 aliphatic heterocycles. The quantitative estimate of drug-likeness (QED) is 0.591. The first-order chi connectivity index (χ1) is 9.06. The normalized spacial score (nSPS) is 21.7. The van der Waals surface area contributed by atoms with Gasteiger partial charge in [0.25, 0.3) is 5.69 Å². The van der Waals surface area contributed by atoms with Gasteiger partial charge >= 0.3 is 0 Å². The number of hydrogen-bond acceptors (Lipinski definition) is 6. The molecule has 1 fully saturated rings. The molecule has 0 N–H and O–H groups in total.